The van der Waals surface area contributed by atoms with Crippen LogP contribution < -0.4 is 5.32 Å². The minimum atomic E-state index is -0.784. The highest BCUT2D eigenvalue weighted by atomic mass is 35.5. The number of carboxylic acid groups (broad SMARTS) is 1. The Bertz CT molecular complexity index is 670. The fraction of sp³-hybridized carbons (Fsp3) is 0.556. The van der Waals surface area contributed by atoms with E-state index in [1.54, 1.807) is 4.90 Å². The number of likely N-dealkylation sites (tertiary alicyclic amines) is 1. The first-order valence-corrected chi connectivity index (χ1v) is 9.39. The topological polar surface area (TPSA) is 69.6 Å². The van der Waals surface area contributed by atoms with E-state index in [1.807, 2.05) is 18.2 Å². The monoisotopic (exact) mass is 362 g/mol. The number of amides is 1. The Morgan fingerprint density at radius 1 is 1.32 bits per heavy atom. The van der Waals surface area contributed by atoms with Gasteiger partial charge in [0.15, 0.2) is 0 Å². The first kappa shape index (κ1) is 18.3. The first-order chi connectivity index (χ1) is 12.0. The van der Waals surface area contributed by atoms with Crippen LogP contribution in [0.15, 0.2) is 18.2 Å². The fourth-order valence-corrected chi connectivity index (χ4v) is 4.16. The lowest BCUT2D eigenvalue weighted by atomic mass is 9.88. The van der Waals surface area contributed by atoms with E-state index in [0.717, 1.165) is 30.3 Å². The van der Waals surface area contributed by atoms with Crippen LogP contribution in [-0.2, 0) is 22.6 Å². The molecule has 1 saturated heterocycles. The molecule has 1 aromatic rings. The zero-order valence-corrected chi connectivity index (χ0v) is 15.3. The molecule has 1 aromatic carbocycles. The lowest BCUT2D eigenvalue weighted by molar-refractivity contribution is -0.142. The zero-order chi connectivity index (χ0) is 18.0. The molecule has 3 atom stereocenters. The Labute approximate surface area is 154 Å². The van der Waals surface area contributed by atoms with Crippen molar-refractivity contribution in [2.24, 2.45) is 11.8 Å². The molecule has 3 rings (SSSR count). The van der Waals surface area contributed by atoms with Crippen LogP contribution in [0.1, 0.15) is 24.0 Å². The Balaban J connectivity index is 1.67. The average Bonchev–Trinajstić information content (AvgIpc) is 3.03. The van der Waals surface area contributed by atoms with Crippen molar-refractivity contribution in [1.29, 1.82) is 0 Å². The minimum absolute atomic E-state index is 0.0193. The molecule has 0 bridgehead atoms. The van der Waals surface area contributed by atoms with E-state index in [1.165, 1.54) is 0 Å². The number of rotatable bonds is 5. The van der Waals surface area contributed by atoms with E-state index in [4.69, 9.17) is 11.6 Å². The van der Waals surface area contributed by atoms with Crippen molar-refractivity contribution in [3.63, 3.8) is 0 Å². The highest BCUT2D eigenvalue weighted by molar-refractivity contribution is 6.30. The molecule has 0 aromatic heterocycles. The lowest BCUT2D eigenvalue weighted by Gasteiger charge is -2.29. The van der Waals surface area contributed by atoms with Crippen LogP contribution in [0, 0.1) is 11.8 Å². The second kappa shape index (κ2) is 7.79. The summed E-state index contributed by atoms with van der Waals surface area (Å²) in [5.41, 5.74) is 2.26. The predicted octanol–water partition coefficient (Wildman–Crippen LogP) is 1.35. The van der Waals surface area contributed by atoms with Gasteiger partial charge in [0, 0.05) is 24.7 Å². The maximum atomic E-state index is 12.9. The van der Waals surface area contributed by atoms with Crippen molar-refractivity contribution in [3.8, 4) is 0 Å². The minimum Gasteiger partial charge on any atom is -0.481 e. The SMILES string of the molecule is BCCC[C@H]1CN(C(=O)C2Cc3ccc(Cl)cc3CN2)C[C@H]1C(=O)O. The van der Waals surface area contributed by atoms with Crippen LogP contribution >= 0.6 is 11.6 Å². The van der Waals surface area contributed by atoms with Gasteiger partial charge >= 0.3 is 5.97 Å². The second-order valence-corrected chi connectivity index (χ2v) is 7.58. The largest absolute Gasteiger partial charge is 0.481 e. The number of fused-ring (bicyclic) bond motifs is 1. The molecule has 1 fully saturated rings. The normalized spacial score (nSPS) is 25.6. The van der Waals surface area contributed by atoms with Crippen LogP contribution in [0.5, 0.6) is 0 Å². The number of carbonyl (C=O) groups is 2. The Kier molecular flexibility index (Phi) is 5.69. The van der Waals surface area contributed by atoms with E-state index in [0.29, 0.717) is 31.1 Å². The van der Waals surface area contributed by atoms with E-state index in [2.05, 4.69) is 13.2 Å². The molecular weight excluding hydrogens is 338 g/mol. The van der Waals surface area contributed by atoms with Crippen molar-refractivity contribution in [3.05, 3.63) is 34.3 Å². The zero-order valence-electron chi connectivity index (χ0n) is 14.5. The molecule has 0 aliphatic carbocycles. The summed E-state index contributed by atoms with van der Waals surface area (Å²) in [6, 6.07) is 5.48. The number of halogens is 1. The van der Waals surface area contributed by atoms with E-state index in [-0.39, 0.29) is 17.9 Å². The summed E-state index contributed by atoms with van der Waals surface area (Å²) in [7, 11) is 2.10. The average molecular weight is 363 g/mol. The maximum Gasteiger partial charge on any atom is 0.308 e. The van der Waals surface area contributed by atoms with Crippen LogP contribution in [0.2, 0.25) is 11.3 Å². The number of hydrogen-bond acceptors (Lipinski definition) is 3. The standard InChI is InChI=1S/C18H24BClN2O3/c19-5-1-2-12-9-22(10-15(12)18(24)25)17(23)16-7-11-3-4-14(20)6-13(11)8-21-16/h3-4,6,12,15-16,21H,1-2,5,7-10,19H2,(H,24,25)/t12-,15+,16?/m0/s1. The number of hydrogen-bond donors (Lipinski definition) is 2. The Morgan fingerprint density at radius 2 is 2.12 bits per heavy atom. The molecule has 134 valence electrons. The summed E-state index contributed by atoms with van der Waals surface area (Å²) < 4.78 is 0. The van der Waals surface area contributed by atoms with Crippen molar-refractivity contribution in [1.82, 2.24) is 10.2 Å². The third kappa shape index (κ3) is 4.01. The molecule has 1 amide bonds. The van der Waals surface area contributed by atoms with Crippen LogP contribution in [-0.4, -0.2) is 48.9 Å². The number of nitrogens with zero attached hydrogens (tertiary/aromatic N) is 1. The van der Waals surface area contributed by atoms with Gasteiger partial charge in [-0.15, -0.1) is 0 Å². The highest BCUT2D eigenvalue weighted by Gasteiger charge is 2.41. The molecule has 1 unspecified atom stereocenters. The van der Waals surface area contributed by atoms with Gasteiger partial charge in [0.1, 0.15) is 7.85 Å². The first-order valence-electron chi connectivity index (χ1n) is 9.02. The third-order valence-corrected chi connectivity index (χ3v) is 5.66. The van der Waals surface area contributed by atoms with Gasteiger partial charge in [-0.2, -0.15) is 0 Å². The van der Waals surface area contributed by atoms with Gasteiger partial charge < -0.3 is 15.3 Å². The van der Waals surface area contributed by atoms with E-state index in [9.17, 15) is 14.7 Å². The maximum absolute atomic E-state index is 12.9. The fourth-order valence-electron chi connectivity index (χ4n) is 3.97. The summed E-state index contributed by atoms with van der Waals surface area (Å²) in [5, 5.41) is 13.5. The van der Waals surface area contributed by atoms with Gasteiger partial charge in [0.2, 0.25) is 5.91 Å². The van der Waals surface area contributed by atoms with E-state index >= 15 is 0 Å². The molecule has 2 N–H and O–H groups in total. The van der Waals surface area contributed by atoms with E-state index < -0.39 is 11.9 Å². The van der Waals surface area contributed by atoms with Crippen molar-refractivity contribution < 1.29 is 14.7 Å². The number of nitrogens with one attached hydrogen (secondary N) is 1. The molecule has 0 radical (unpaired) electrons. The number of aliphatic carboxylic acids is 1. The Morgan fingerprint density at radius 3 is 2.84 bits per heavy atom. The van der Waals surface area contributed by atoms with Crippen LogP contribution in [0.4, 0.5) is 0 Å². The summed E-state index contributed by atoms with van der Waals surface area (Å²) in [6.07, 6.45) is 3.54. The Hall–Kier alpha value is -1.53. The van der Waals surface area contributed by atoms with Crippen molar-refractivity contribution in [2.45, 2.75) is 38.2 Å². The quantitative estimate of drug-likeness (QED) is 0.776. The third-order valence-electron chi connectivity index (χ3n) is 5.43. The molecular formula is C18H24BClN2O3. The van der Waals surface area contributed by atoms with Gasteiger partial charge in [-0.25, -0.2) is 0 Å². The number of carbonyl (C=O) groups excluding carboxylic acids is 1. The molecule has 25 heavy (non-hydrogen) atoms. The lowest BCUT2D eigenvalue weighted by Crippen LogP contribution is -2.49. The number of benzene rings is 1. The van der Waals surface area contributed by atoms with Gasteiger partial charge in [-0.3, -0.25) is 9.59 Å². The molecule has 5 nitrogen and oxygen atoms in total. The molecule has 2 heterocycles. The van der Waals surface area contributed by atoms with Gasteiger partial charge in [0.05, 0.1) is 12.0 Å². The summed E-state index contributed by atoms with van der Waals surface area (Å²) >= 11 is 6.02. The molecule has 0 spiro atoms. The van der Waals surface area contributed by atoms with Crippen molar-refractivity contribution >= 4 is 31.3 Å². The van der Waals surface area contributed by atoms with Gasteiger partial charge in [0.25, 0.3) is 0 Å². The van der Waals surface area contributed by atoms with Gasteiger partial charge in [-0.05, 0) is 42.0 Å². The second-order valence-electron chi connectivity index (χ2n) is 7.14. The number of carboxylic acids is 1. The molecule has 2 aliphatic heterocycles. The highest BCUT2D eigenvalue weighted by Crippen LogP contribution is 2.30. The summed E-state index contributed by atoms with van der Waals surface area (Å²) in [4.78, 5) is 26.2. The summed E-state index contributed by atoms with van der Waals surface area (Å²) in [6.45, 7) is 1.50. The van der Waals surface area contributed by atoms with Gasteiger partial charge in [-0.1, -0.05) is 30.4 Å². The molecule has 0 saturated carbocycles. The van der Waals surface area contributed by atoms with Crippen LogP contribution in [0.3, 0.4) is 0 Å². The van der Waals surface area contributed by atoms with Crippen molar-refractivity contribution in [2.75, 3.05) is 13.1 Å². The molecule has 2 aliphatic rings. The smallest absolute Gasteiger partial charge is 0.308 e. The molecule has 7 heteroatoms. The summed E-state index contributed by atoms with van der Waals surface area (Å²) in [5.74, 6) is -1.14. The predicted molar refractivity (Wildman–Crippen MR) is 99.6 cm³/mol. The van der Waals surface area contributed by atoms with Crippen LogP contribution in [0.25, 0.3) is 0 Å².